The molecule has 1 amide bonds. The summed E-state index contributed by atoms with van der Waals surface area (Å²) in [5.41, 5.74) is -1.03. The van der Waals surface area contributed by atoms with Gasteiger partial charge in [0.05, 0.1) is 15.2 Å². The fraction of sp³-hybridized carbons (Fsp3) is 0.250. The maximum atomic E-state index is 11.8. The van der Waals surface area contributed by atoms with E-state index in [1.54, 1.807) is 13.0 Å². The Morgan fingerprint density at radius 1 is 1.50 bits per heavy atom. The van der Waals surface area contributed by atoms with Gasteiger partial charge in [0, 0.05) is 4.88 Å². The van der Waals surface area contributed by atoms with Crippen LogP contribution in [0.15, 0.2) is 33.4 Å². The highest BCUT2D eigenvalue weighted by Crippen LogP contribution is 2.25. The van der Waals surface area contributed by atoms with Crippen LogP contribution in [0.1, 0.15) is 21.5 Å². The molecule has 0 saturated heterocycles. The first kappa shape index (κ1) is 13.7. The second-order valence-corrected chi connectivity index (χ2v) is 7.45. The minimum Gasteiger partial charge on any atom is -0.383 e. The van der Waals surface area contributed by atoms with E-state index in [1.165, 1.54) is 22.7 Å². The van der Waals surface area contributed by atoms with Gasteiger partial charge in [-0.2, -0.15) is 0 Å². The van der Waals surface area contributed by atoms with Crippen molar-refractivity contribution in [3.05, 3.63) is 43.2 Å². The van der Waals surface area contributed by atoms with Crippen molar-refractivity contribution in [2.45, 2.75) is 12.5 Å². The molecule has 0 fully saturated rings. The van der Waals surface area contributed by atoms with E-state index in [9.17, 15) is 9.90 Å². The van der Waals surface area contributed by atoms with Crippen molar-refractivity contribution < 1.29 is 9.90 Å². The lowest BCUT2D eigenvalue weighted by molar-refractivity contribution is 0.0558. The summed E-state index contributed by atoms with van der Waals surface area (Å²) in [4.78, 5) is 13.3. The minimum absolute atomic E-state index is 0.164. The average molecular weight is 346 g/mol. The summed E-state index contributed by atoms with van der Waals surface area (Å²) in [6.07, 6.45) is 0. The van der Waals surface area contributed by atoms with Gasteiger partial charge in [0.2, 0.25) is 0 Å². The Kier molecular flexibility index (Phi) is 4.21. The number of amides is 1. The smallest absolute Gasteiger partial charge is 0.261 e. The van der Waals surface area contributed by atoms with Crippen LogP contribution >= 0.6 is 38.6 Å². The van der Waals surface area contributed by atoms with Gasteiger partial charge in [0.1, 0.15) is 5.60 Å². The van der Waals surface area contributed by atoms with Crippen LogP contribution in [0.2, 0.25) is 0 Å². The topological polar surface area (TPSA) is 49.3 Å². The number of carbonyl (C=O) groups is 1. The minimum atomic E-state index is -1.03. The lowest BCUT2D eigenvalue weighted by atomic mass is 10.1. The third kappa shape index (κ3) is 3.20. The highest BCUT2D eigenvalue weighted by Gasteiger charge is 2.25. The van der Waals surface area contributed by atoms with Gasteiger partial charge in [-0.05, 0) is 46.4 Å². The van der Waals surface area contributed by atoms with E-state index in [0.29, 0.717) is 4.88 Å². The second-order valence-electron chi connectivity index (χ2n) is 4.04. The van der Waals surface area contributed by atoms with Crippen LogP contribution in [0.3, 0.4) is 0 Å². The molecule has 0 spiro atoms. The van der Waals surface area contributed by atoms with E-state index >= 15 is 0 Å². The normalized spacial score (nSPS) is 14.2. The summed E-state index contributed by atoms with van der Waals surface area (Å²) in [7, 11) is 0. The van der Waals surface area contributed by atoms with Crippen LogP contribution in [0.4, 0.5) is 0 Å². The lowest BCUT2D eigenvalue weighted by Gasteiger charge is -2.22. The zero-order chi connectivity index (χ0) is 13.2. The first-order valence-corrected chi connectivity index (χ1v) is 7.78. The number of carbonyl (C=O) groups excluding carboxylic acids is 1. The number of hydrogen-bond donors (Lipinski definition) is 2. The molecule has 2 heterocycles. The second kappa shape index (κ2) is 5.52. The Morgan fingerprint density at radius 3 is 2.83 bits per heavy atom. The molecule has 0 aliphatic carbocycles. The molecule has 2 rings (SSSR count). The molecule has 0 aliphatic heterocycles. The Balaban J connectivity index is 1.98. The summed E-state index contributed by atoms with van der Waals surface area (Å²) in [6.45, 7) is 1.89. The molecule has 96 valence electrons. The van der Waals surface area contributed by atoms with Crippen molar-refractivity contribution >= 4 is 44.5 Å². The first-order valence-electron chi connectivity index (χ1n) is 5.29. The van der Waals surface area contributed by atoms with Crippen LogP contribution in [-0.2, 0) is 5.60 Å². The maximum absolute atomic E-state index is 11.8. The molecule has 1 unspecified atom stereocenters. The molecule has 2 N–H and O–H groups in total. The molecule has 3 nitrogen and oxygen atoms in total. The number of hydrogen-bond acceptors (Lipinski definition) is 4. The van der Waals surface area contributed by atoms with Crippen LogP contribution < -0.4 is 5.32 Å². The zero-order valence-corrected chi connectivity index (χ0v) is 12.9. The summed E-state index contributed by atoms with van der Waals surface area (Å²) in [6, 6.07) is 7.33. The van der Waals surface area contributed by atoms with Crippen molar-refractivity contribution in [1.82, 2.24) is 5.32 Å². The quantitative estimate of drug-likeness (QED) is 0.893. The van der Waals surface area contributed by atoms with Gasteiger partial charge >= 0.3 is 0 Å². The third-order valence-electron chi connectivity index (χ3n) is 2.44. The first-order chi connectivity index (χ1) is 8.49. The Labute approximate surface area is 122 Å². The van der Waals surface area contributed by atoms with E-state index in [0.717, 1.165) is 8.66 Å². The van der Waals surface area contributed by atoms with Crippen molar-refractivity contribution in [3.8, 4) is 0 Å². The van der Waals surface area contributed by atoms with Gasteiger partial charge in [0.25, 0.3) is 5.91 Å². The molecular formula is C12H12BrNO2S2. The average Bonchev–Trinajstić information content (AvgIpc) is 2.96. The van der Waals surface area contributed by atoms with Crippen molar-refractivity contribution in [2.75, 3.05) is 6.54 Å². The van der Waals surface area contributed by atoms with Crippen molar-refractivity contribution in [3.63, 3.8) is 0 Å². The number of halogens is 1. The SMILES string of the molecule is CC(O)(CNC(=O)c1ccc(Br)s1)c1cccs1. The lowest BCUT2D eigenvalue weighted by Crippen LogP contribution is -2.37. The van der Waals surface area contributed by atoms with E-state index in [1.807, 2.05) is 23.6 Å². The molecule has 0 saturated carbocycles. The molecule has 0 aromatic carbocycles. The fourth-order valence-electron chi connectivity index (χ4n) is 1.45. The summed E-state index contributed by atoms with van der Waals surface area (Å²) >= 11 is 6.16. The predicted octanol–water partition coefficient (Wildman–Crippen LogP) is 3.21. The molecule has 2 aromatic rings. The highest BCUT2D eigenvalue weighted by molar-refractivity contribution is 9.11. The molecule has 0 aliphatic rings. The Morgan fingerprint density at radius 2 is 2.28 bits per heavy atom. The van der Waals surface area contributed by atoms with Crippen LogP contribution in [0.5, 0.6) is 0 Å². The van der Waals surface area contributed by atoms with Gasteiger partial charge in [-0.1, -0.05) is 6.07 Å². The highest BCUT2D eigenvalue weighted by atomic mass is 79.9. The number of nitrogens with one attached hydrogen (secondary N) is 1. The molecule has 0 bridgehead atoms. The maximum Gasteiger partial charge on any atom is 0.261 e. The van der Waals surface area contributed by atoms with Gasteiger partial charge in [-0.3, -0.25) is 4.79 Å². The van der Waals surface area contributed by atoms with Gasteiger partial charge in [-0.15, -0.1) is 22.7 Å². The molecule has 6 heteroatoms. The van der Waals surface area contributed by atoms with Crippen LogP contribution in [-0.4, -0.2) is 17.6 Å². The van der Waals surface area contributed by atoms with Gasteiger partial charge < -0.3 is 10.4 Å². The number of aliphatic hydroxyl groups is 1. The van der Waals surface area contributed by atoms with E-state index < -0.39 is 5.60 Å². The zero-order valence-electron chi connectivity index (χ0n) is 9.64. The van der Waals surface area contributed by atoms with E-state index in [2.05, 4.69) is 21.2 Å². The van der Waals surface area contributed by atoms with E-state index in [4.69, 9.17) is 0 Å². The summed E-state index contributed by atoms with van der Waals surface area (Å²) in [5.74, 6) is -0.164. The standard InChI is InChI=1S/C12H12BrNO2S2/c1-12(16,9-3-2-6-17-9)7-14-11(15)8-4-5-10(13)18-8/h2-6,16H,7H2,1H3,(H,14,15). The number of rotatable bonds is 4. The van der Waals surface area contributed by atoms with Crippen LogP contribution in [0.25, 0.3) is 0 Å². The third-order valence-corrected chi connectivity index (χ3v) is 5.19. The van der Waals surface area contributed by atoms with Gasteiger partial charge in [0.15, 0.2) is 0 Å². The van der Waals surface area contributed by atoms with Gasteiger partial charge in [-0.25, -0.2) is 0 Å². The molecule has 1 atom stereocenters. The molecule has 0 radical (unpaired) electrons. The summed E-state index contributed by atoms with van der Waals surface area (Å²) < 4.78 is 0.915. The van der Waals surface area contributed by atoms with Crippen LogP contribution in [0, 0.1) is 0 Å². The molecular weight excluding hydrogens is 334 g/mol. The Bertz CT molecular complexity index is 534. The van der Waals surface area contributed by atoms with Crippen molar-refractivity contribution in [1.29, 1.82) is 0 Å². The largest absolute Gasteiger partial charge is 0.383 e. The molecule has 2 aromatic heterocycles. The van der Waals surface area contributed by atoms with E-state index in [-0.39, 0.29) is 12.5 Å². The predicted molar refractivity (Wildman–Crippen MR) is 78.2 cm³/mol. The summed E-state index contributed by atoms with van der Waals surface area (Å²) in [5, 5.41) is 14.9. The van der Waals surface area contributed by atoms with Crippen molar-refractivity contribution in [2.24, 2.45) is 0 Å². The monoisotopic (exact) mass is 345 g/mol. The fourth-order valence-corrected chi connectivity index (χ4v) is 3.54. The number of thiophene rings is 2. The molecule has 18 heavy (non-hydrogen) atoms. The Hall–Kier alpha value is -0.690.